The van der Waals surface area contributed by atoms with Crippen LogP contribution in [0.3, 0.4) is 0 Å². The first-order valence-electron chi connectivity index (χ1n) is 5.19. The fourth-order valence-electron chi connectivity index (χ4n) is 2.27. The Morgan fingerprint density at radius 3 is 2.93 bits per heavy atom. The monoisotopic (exact) mass is 257 g/mol. The van der Waals surface area contributed by atoms with Crippen LogP contribution in [0.1, 0.15) is 25.0 Å². The van der Waals surface area contributed by atoms with Crippen LogP contribution in [0.25, 0.3) is 0 Å². The molecule has 1 aromatic heterocycles. The first-order valence-corrected chi connectivity index (χ1v) is 5.98. The molecule has 0 radical (unpaired) electrons. The number of halogens is 1. The molecule has 0 aliphatic heterocycles. The van der Waals surface area contributed by atoms with Gasteiger partial charge in [-0.1, -0.05) is 0 Å². The SMILES string of the molecule is CNC1CCC(Cc2ccc(Br)o2)C1. The molecule has 1 aliphatic carbocycles. The Bertz CT molecular complexity index is 297. The van der Waals surface area contributed by atoms with E-state index in [1.165, 1.54) is 19.3 Å². The highest BCUT2D eigenvalue weighted by molar-refractivity contribution is 9.10. The van der Waals surface area contributed by atoms with Gasteiger partial charge in [0.25, 0.3) is 0 Å². The molecule has 0 bridgehead atoms. The minimum atomic E-state index is 0.721. The smallest absolute Gasteiger partial charge is 0.169 e. The van der Waals surface area contributed by atoms with Gasteiger partial charge in [-0.05, 0) is 60.3 Å². The molecule has 3 heteroatoms. The van der Waals surface area contributed by atoms with Crippen LogP contribution >= 0.6 is 15.9 Å². The normalized spacial score (nSPS) is 27.0. The maximum Gasteiger partial charge on any atom is 0.169 e. The third-order valence-electron chi connectivity index (χ3n) is 3.07. The molecular formula is C11H16BrNO. The Balaban J connectivity index is 1.87. The zero-order valence-electron chi connectivity index (χ0n) is 8.42. The van der Waals surface area contributed by atoms with Crippen LogP contribution in [-0.2, 0) is 6.42 Å². The van der Waals surface area contributed by atoms with Crippen molar-refractivity contribution in [3.63, 3.8) is 0 Å². The molecule has 1 fully saturated rings. The van der Waals surface area contributed by atoms with E-state index in [9.17, 15) is 0 Å². The maximum atomic E-state index is 5.51. The summed E-state index contributed by atoms with van der Waals surface area (Å²) in [4.78, 5) is 0. The zero-order chi connectivity index (χ0) is 9.97. The molecule has 14 heavy (non-hydrogen) atoms. The first-order chi connectivity index (χ1) is 6.78. The van der Waals surface area contributed by atoms with E-state index >= 15 is 0 Å². The van der Waals surface area contributed by atoms with Gasteiger partial charge in [-0.15, -0.1) is 0 Å². The molecule has 1 N–H and O–H groups in total. The van der Waals surface area contributed by atoms with Crippen molar-refractivity contribution in [3.05, 3.63) is 22.6 Å². The second kappa shape index (κ2) is 4.49. The standard InChI is InChI=1S/C11H16BrNO/c1-13-9-3-2-8(6-9)7-10-4-5-11(12)14-10/h4-5,8-9,13H,2-3,6-7H2,1H3. The van der Waals surface area contributed by atoms with Gasteiger partial charge >= 0.3 is 0 Å². The fourth-order valence-corrected chi connectivity index (χ4v) is 2.61. The Morgan fingerprint density at radius 1 is 1.50 bits per heavy atom. The minimum Gasteiger partial charge on any atom is -0.454 e. The topological polar surface area (TPSA) is 25.2 Å². The molecule has 0 aromatic carbocycles. The van der Waals surface area contributed by atoms with Crippen LogP contribution in [0.5, 0.6) is 0 Å². The summed E-state index contributed by atoms with van der Waals surface area (Å²) in [6.45, 7) is 0. The largest absolute Gasteiger partial charge is 0.454 e. The lowest BCUT2D eigenvalue weighted by molar-refractivity contribution is 0.425. The van der Waals surface area contributed by atoms with Crippen LogP contribution in [-0.4, -0.2) is 13.1 Å². The van der Waals surface area contributed by atoms with Gasteiger partial charge in [-0.3, -0.25) is 0 Å². The summed E-state index contributed by atoms with van der Waals surface area (Å²) in [6.07, 6.45) is 5.01. The van der Waals surface area contributed by atoms with Crippen molar-refractivity contribution < 1.29 is 4.42 Å². The average Bonchev–Trinajstić information content (AvgIpc) is 2.76. The predicted octanol–water partition coefficient (Wildman–Crippen LogP) is 2.97. The molecule has 2 rings (SSSR count). The molecule has 2 unspecified atom stereocenters. The van der Waals surface area contributed by atoms with E-state index in [2.05, 4.69) is 34.4 Å². The third-order valence-corrected chi connectivity index (χ3v) is 3.49. The zero-order valence-corrected chi connectivity index (χ0v) is 10.0. The summed E-state index contributed by atoms with van der Waals surface area (Å²) in [6, 6.07) is 4.76. The summed E-state index contributed by atoms with van der Waals surface area (Å²) in [7, 11) is 2.05. The fraction of sp³-hybridized carbons (Fsp3) is 0.636. The number of nitrogens with one attached hydrogen (secondary N) is 1. The summed E-state index contributed by atoms with van der Waals surface area (Å²) in [5.41, 5.74) is 0. The lowest BCUT2D eigenvalue weighted by atomic mass is 10.0. The lowest BCUT2D eigenvalue weighted by Gasteiger charge is -2.08. The molecule has 2 nitrogen and oxygen atoms in total. The predicted molar refractivity (Wildman–Crippen MR) is 60.3 cm³/mol. The van der Waals surface area contributed by atoms with E-state index in [1.807, 2.05) is 6.07 Å². The Kier molecular flexibility index (Phi) is 3.29. The van der Waals surface area contributed by atoms with Gasteiger partial charge in [0, 0.05) is 12.5 Å². The van der Waals surface area contributed by atoms with Crippen LogP contribution in [0.15, 0.2) is 21.2 Å². The molecule has 2 atom stereocenters. The Labute approximate surface area is 93.2 Å². The summed E-state index contributed by atoms with van der Waals surface area (Å²) in [5, 5.41) is 3.34. The molecule has 1 heterocycles. The highest BCUT2D eigenvalue weighted by atomic mass is 79.9. The van der Waals surface area contributed by atoms with E-state index in [0.29, 0.717) is 0 Å². The van der Waals surface area contributed by atoms with Gasteiger partial charge in [-0.25, -0.2) is 0 Å². The average molecular weight is 258 g/mol. The van der Waals surface area contributed by atoms with Gasteiger partial charge in [0.05, 0.1) is 0 Å². The van der Waals surface area contributed by atoms with Crippen molar-refractivity contribution in [1.82, 2.24) is 5.32 Å². The summed E-state index contributed by atoms with van der Waals surface area (Å²) < 4.78 is 6.35. The van der Waals surface area contributed by atoms with Gasteiger partial charge < -0.3 is 9.73 Å². The second-order valence-electron chi connectivity index (χ2n) is 4.07. The highest BCUT2D eigenvalue weighted by Gasteiger charge is 2.24. The van der Waals surface area contributed by atoms with Crippen LogP contribution in [0.2, 0.25) is 0 Å². The molecule has 0 spiro atoms. The second-order valence-corrected chi connectivity index (χ2v) is 4.86. The van der Waals surface area contributed by atoms with Crippen molar-refractivity contribution >= 4 is 15.9 Å². The van der Waals surface area contributed by atoms with Crippen LogP contribution in [0.4, 0.5) is 0 Å². The lowest BCUT2D eigenvalue weighted by Crippen LogP contribution is -2.21. The van der Waals surface area contributed by atoms with E-state index in [1.54, 1.807) is 0 Å². The number of hydrogen-bond donors (Lipinski definition) is 1. The maximum absolute atomic E-state index is 5.51. The van der Waals surface area contributed by atoms with Crippen molar-refractivity contribution in [2.75, 3.05) is 7.05 Å². The van der Waals surface area contributed by atoms with E-state index in [4.69, 9.17) is 4.42 Å². The van der Waals surface area contributed by atoms with Crippen LogP contribution < -0.4 is 5.32 Å². The first kappa shape index (κ1) is 10.2. The molecule has 78 valence electrons. The van der Waals surface area contributed by atoms with Gasteiger partial charge in [-0.2, -0.15) is 0 Å². The molecule has 0 saturated heterocycles. The van der Waals surface area contributed by atoms with E-state index in [-0.39, 0.29) is 0 Å². The highest BCUT2D eigenvalue weighted by Crippen LogP contribution is 2.29. The van der Waals surface area contributed by atoms with Gasteiger partial charge in [0.15, 0.2) is 4.67 Å². The van der Waals surface area contributed by atoms with Gasteiger partial charge in [0.1, 0.15) is 5.76 Å². The van der Waals surface area contributed by atoms with E-state index < -0.39 is 0 Å². The minimum absolute atomic E-state index is 0.721. The van der Waals surface area contributed by atoms with Crippen molar-refractivity contribution in [1.29, 1.82) is 0 Å². The van der Waals surface area contributed by atoms with E-state index in [0.717, 1.165) is 28.8 Å². The van der Waals surface area contributed by atoms with Crippen molar-refractivity contribution in [2.24, 2.45) is 5.92 Å². The Morgan fingerprint density at radius 2 is 2.36 bits per heavy atom. The summed E-state index contributed by atoms with van der Waals surface area (Å²) in [5.74, 6) is 1.91. The molecule has 1 saturated carbocycles. The molecule has 1 aliphatic rings. The van der Waals surface area contributed by atoms with Crippen LogP contribution in [0, 0.1) is 5.92 Å². The van der Waals surface area contributed by atoms with Crippen molar-refractivity contribution in [3.8, 4) is 0 Å². The molecule has 1 aromatic rings. The van der Waals surface area contributed by atoms with Gasteiger partial charge in [0.2, 0.25) is 0 Å². The van der Waals surface area contributed by atoms with Crippen molar-refractivity contribution in [2.45, 2.75) is 31.7 Å². The third kappa shape index (κ3) is 2.39. The number of hydrogen-bond acceptors (Lipinski definition) is 2. The quantitative estimate of drug-likeness (QED) is 0.901. The molecular weight excluding hydrogens is 242 g/mol. The Hall–Kier alpha value is -0.280. The summed E-state index contributed by atoms with van der Waals surface area (Å²) >= 11 is 3.33. The molecule has 0 amide bonds. The number of furan rings is 1. The number of rotatable bonds is 3.